The highest BCUT2D eigenvalue weighted by atomic mass is 32.1. The van der Waals surface area contributed by atoms with Crippen LogP contribution in [0.25, 0.3) is 32.2 Å². The molecule has 8 heteroatoms. The summed E-state index contributed by atoms with van der Waals surface area (Å²) in [5.41, 5.74) is 5.31. The molecule has 0 unspecified atom stereocenters. The smallest absolute Gasteiger partial charge is 0.255 e. The van der Waals surface area contributed by atoms with E-state index >= 15 is 0 Å². The van der Waals surface area contributed by atoms with Crippen molar-refractivity contribution in [2.24, 2.45) is 0 Å². The zero-order chi connectivity index (χ0) is 25.2. The van der Waals surface area contributed by atoms with Crippen LogP contribution in [0.15, 0.2) is 94.9 Å². The minimum atomic E-state index is -0.183. The third kappa shape index (κ3) is 5.16. The summed E-state index contributed by atoms with van der Waals surface area (Å²) < 4.78 is 12.4. The maximum absolute atomic E-state index is 12.7. The molecule has 0 aliphatic heterocycles. The number of aryl methyl sites for hydroxylation is 1. The normalized spacial score (nSPS) is 11.1. The van der Waals surface area contributed by atoms with E-state index in [1.807, 2.05) is 47.8 Å². The van der Waals surface area contributed by atoms with Crippen LogP contribution in [0.2, 0.25) is 0 Å². The summed E-state index contributed by atoms with van der Waals surface area (Å²) in [7, 11) is 0. The molecule has 37 heavy (non-hydrogen) atoms. The van der Waals surface area contributed by atoms with E-state index in [9.17, 15) is 4.79 Å². The number of amides is 1. The van der Waals surface area contributed by atoms with Crippen molar-refractivity contribution >= 4 is 44.5 Å². The van der Waals surface area contributed by atoms with Gasteiger partial charge in [-0.3, -0.25) is 4.79 Å². The molecule has 3 aromatic heterocycles. The van der Waals surface area contributed by atoms with Crippen LogP contribution in [-0.2, 0) is 6.61 Å². The number of benzene rings is 3. The molecule has 6 rings (SSSR count). The Morgan fingerprint density at radius 3 is 2.62 bits per heavy atom. The third-order valence-electron chi connectivity index (χ3n) is 5.74. The average Bonchev–Trinajstić information content (AvgIpc) is 3.69. The van der Waals surface area contributed by atoms with Crippen molar-refractivity contribution < 1.29 is 13.9 Å². The van der Waals surface area contributed by atoms with Crippen LogP contribution in [0, 0.1) is 6.92 Å². The molecule has 0 saturated heterocycles. The van der Waals surface area contributed by atoms with Gasteiger partial charge < -0.3 is 14.5 Å². The first kappa shape index (κ1) is 23.1. The molecule has 3 aromatic carbocycles. The lowest BCUT2D eigenvalue weighted by Gasteiger charge is -2.08. The summed E-state index contributed by atoms with van der Waals surface area (Å²) in [4.78, 5) is 22.0. The molecule has 3 heterocycles. The molecule has 0 aliphatic rings. The molecule has 1 N–H and O–H groups in total. The SMILES string of the molecule is Cc1ccc2nc(-c3ccc(NC(=O)c4ccc(OCc5nc(-c6ccco6)cs5)cc4)cc3)sc2c1. The number of nitrogens with one attached hydrogen (secondary N) is 1. The van der Waals surface area contributed by atoms with Crippen LogP contribution in [0.5, 0.6) is 5.75 Å². The maximum atomic E-state index is 12.7. The number of fused-ring (bicyclic) bond motifs is 1. The number of carbonyl (C=O) groups is 1. The van der Waals surface area contributed by atoms with Crippen molar-refractivity contribution in [3.63, 3.8) is 0 Å². The van der Waals surface area contributed by atoms with Gasteiger partial charge in [-0.2, -0.15) is 0 Å². The standard InChI is InChI=1S/C29H21N3O3S2/c1-18-4-13-23-26(15-18)37-29(32-23)20-5-9-21(10-6-20)30-28(33)19-7-11-22(12-8-19)35-16-27-31-24(17-36-27)25-3-2-14-34-25/h2-15,17H,16H2,1H3,(H,30,33). The monoisotopic (exact) mass is 523 g/mol. The predicted molar refractivity (Wildman–Crippen MR) is 148 cm³/mol. The van der Waals surface area contributed by atoms with Gasteiger partial charge in [0.2, 0.25) is 0 Å². The second kappa shape index (κ2) is 10.0. The number of aromatic nitrogens is 2. The fraction of sp³-hybridized carbons (Fsp3) is 0.0690. The van der Waals surface area contributed by atoms with Crippen molar-refractivity contribution in [2.45, 2.75) is 13.5 Å². The molecule has 0 atom stereocenters. The van der Waals surface area contributed by atoms with Gasteiger partial charge in [0.05, 0.1) is 16.5 Å². The highest BCUT2D eigenvalue weighted by Gasteiger charge is 2.10. The Morgan fingerprint density at radius 1 is 1.00 bits per heavy atom. The second-order valence-electron chi connectivity index (χ2n) is 8.44. The van der Waals surface area contributed by atoms with Gasteiger partial charge >= 0.3 is 0 Å². The Kier molecular flexibility index (Phi) is 6.26. The first-order chi connectivity index (χ1) is 18.1. The molecule has 0 fully saturated rings. The molecule has 182 valence electrons. The van der Waals surface area contributed by atoms with Crippen LogP contribution < -0.4 is 10.1 Å². The van der Waals surface area contributed by atoms with Crippen LogP contribution >= 0.6 is 22.7 Å². The summed E-state index contributed by atoms with van der Waals surface area (Å²) in [5.74, 6) is 1.22. The van der Waals surface area contributed by atoms with Gasteiger partial charge in [-0.25, -0.2) is 9.97 Å². The lowest BCUT2D eigenvalue weighted by molar-refractivity contribution is 0.102. The number of thiazole rings is 2. The summed E-state index contributed by atoms with van der Waals surface area (Å²) in [6.07, 6.45) is 1.63. The number of furan rings is 1. The van der Waals surface area contributed by atoms with E-state index in [0.29, 0.717) is 17.9 Å². The highest BCUT2D eigenvalue weighted by Crippen LogP contribution is 2.31. The van der Waals surface area contributed by atoms with E-state index in [1.54, 1.807) is 41.9 Å². The Bertz CT molecular complexity index is 1670. The van der Waals surface area contributed by atoms with Crippen LogP contribution in [0.3, 0.4) is 0 Å². The van der Waals surface area contributed by atoms with Crippen molar-refractivity contribution in [1.29, 1.82) is 0 Å². The lowest BCUT2D eigenvalue weighted by atomic mass is 10.2. The fourth-order valence-electron chi connectivity index (χ4n) is 3.82. The first-order valence-corrected chi connectivity index (χ1v) is 13.3. The van der Waals surface area contributed by atoms with Gasteiger partial charge in [-0.1, -0.05) is 6.07 Å². The van der Waals surface area contributed by atoms with Crippen LogP contribution in [-0.4, -0.2) is 15.9 Å². The first-order valence-electron chi connectivity index (χ1n) is 11.6. The number of anilines is 1. The number of rotatable bonds is 7. The number of ether oxygens (including phenoxy) is 1. The van der Waals surface area contributed by atoms with Gasteiger partial charge in [-0.15, -0.1) is 22.7 Å². The number of hydrogen-bond acceptors (Lipinski definition) is 7. The van der Waals surface area contributed by atoms with Crippen molar-refractivity contribution in [2.75, 3.05) is 5.32 Å². The number of nitrogens with zero attached hydrogens (tertiary/aromatic N) is 2. The fourth-order valence-corrected chi connectivity index (χ4v) is 5.58. The predicted octanol–water partition coefficient (Wildman–Crippen LogP) is 7.82. The third-order valence-corrected chi connectivity index (χ3v) is 7.63. The Hall–Kier alpha value is -4.27. The Labute approximate surface area is 221 Å². The van der Waals surface area contributed by atoms with Crippen LogP contribution in [0.4, 0.5) is 5.69 Å². The van der Waals surface area contributed by atoms with E-state index < -0.39 is 0 Å². The summed E-state index contributed by atoms with van der Waals surface area (Å²) >= 11 is 3.18. The van der Waals surface area contributed by atoms with Gasteiger partial charge in [0, 0.05) is 22.2 Å². The zero-order valence-electron chi connectivity index (χ0n) is 19.8. The number of hydrogen-bond donors (Lipinski definition) is 1. The zero-order valence-corrected chi connectivity index (χ0v) is 21.4. The van der Waals surface area contributed by atoms with Crippen molar-refractivity contribution in [3.8, 4) is 27.8 Å². The van der Waals surface area contributed by atoms with E-state index in [-0.39, 0.29) is 5.91 Å². The average molecular weight is 524 g/mol. The Morgan fingerprint density at radius 2 is 1.84 bits per heavy atom. The van der Waals surface area contributed by atoms with Crippen molar-refractivity contribution in [1.82, 2.24) is 9.97 Å². The van der Waals surface area contributed by atoms with E-state index in [2.05, 4.69) is 29.4 Å². The van der Waals surface area contributed by atoms with E-state index in [1.165, 1.54) is 21.6 Å². The molecule has 6 aromatic rings. The number of carbonyl (C=O) groups excluding carboxylic acids is 1. The molecule has 6 nitrogen and oxygen atoms in total. The summed E-state index contributed by atoms with van der Waals surface area (Å²) in [5, 5.41) is 6.70. The summed E-state index contributed by atoms with van der Waals surface area (Å²) in [6.45, 7) is 2.43. The molecule has 0 spiro atoms. The van der Waals surface area contributed by atoms with Crippen LogP contribution in [0.1, 0.15) is 20.9 Å². The van der Waals surface area contributed by atoms with Gasteiger partial charge in [-0.05, 0) is 85.3 Å². The van der Waals surface area contributed by atoms with E-state index in [0.717, 1.165) is 38.2 Å². The molecule has 0 aliphatic carbocycles. The quantitative estimate of drug-likeness (QED) is 0.231. The summed E-state index contributed by atoms with van der Waals surface area (Å²) in [6, 6.07) is 24.8. The molecule has 0 bridgehead atoms. The molecule has 0 radical (unpaired) electrons. The Balaban J connectivity index is 1.06. The van der Waals surface area contributed by atoms with Gasteiger partial charge in [0.25, 0.3) is 5.91 Å². The minimum absolute atomic E-state index is 0.183. The largest absolute Gasteiger partial charge is 0.486 e. The van der Waals surface area contributed by atoms with Gasteiger partial charge in [0.1, 0.15) is 28.1 Å². The second-order valence-corrected chi connectivity index (χ2v) is 10.4. The molecule has 1 amide bonds. The molecular formula is C29H21N3O3S2. The van der Waals surface area contributed by atoms with E-state index in [4.69, 9.17) is 14.1 Å². The minimum Gasteiger partial charge on any atom is -0.486 e. The highest BCUT2D eigenvalue weighted by molar-refractivity contribution is 7.21. The molecule has 0 saturated carbocycles. The van der Waals surface area contributed by atoms with Gasteiger partial charge in [0.15, 0.2) is 5.76 Å². The molecular weight excluding hydrogens is 502 g/mol. The topological polar surface area (TPSA) is 77.2 Å². The lowest BCUT2D eigenvalue weighted by Crippen LogP contribution is -2.11. The maximum Gasteiger partial charge on any atom is 0.255 e. The van der Waals surface area contributed by atoms with Crippen molar-refractivity contribution in [3.05, 3.63) is 107 Å².